The average Bonchev–Trinajstić information content (AvgIpc) is 2.96. The predicted octanol–water partition coefficient (Wildman–Crippen LogP) is 5.59. The number of aliphatic hydroxyl groups excluding tert-OH is 1. The van der Waals surface area contributed by atoms with E-state index >= 15 is 0 Å². The molecule has 3 aromatic rings. The van der Waals surface area contributed by atoms with Crippen molar-refractivity contribution in [1.82, 2.24) is 15.2 Å². The first-order valence-corrected chi connectivity index (χ1v) is 14.7. The maximum atomic E-state index is 13.6. The molecule has 42 heavy (non-hydrogen) atoms. The standard InChI is InChI=1S/C33H40ClN3O5/c1-21-7-9-25(22(2)19-21)26-10-12-28(31(39)36-33(32(40)41-5)15-13-24(38)14-16-33)35-30(26)23-8-11-27(34)29(20-23)42-18-6-17-37(3)4/h7-12,19-20,24,38H,6,13-18H2,1-5H3,(H,36,39)/t24-,33-. The first-order chi connectivity index (χ1) is 20.0. The maximum Gasteiger partial charge on any atom is 0.331 e. The quantitative estimate of drug-likeness (QED) is 0.233. The average molecular weight is 594 g/mol. The summed E-state index contributed by atoms with van der Waals surface area (Å²) in [6, 6.07) is 15.3. The van der Waals surface area contributed by atoms with E-state index in [1.54, 1.807) is 12.1 Å². The normalized spacial score (nSPS) is 18.5. The molecule has 1 aromatic heterocycles. The maximum absolute atomic E-state index is 13.6. The van der Waals surface area contributed by atoms with Crippen molar-refractivity contribution >= 4 is 23.5 Å². The first-order valence-electron chi connectivity index (χ1n) is 14.3. The van der Waals surface area contributed by atoms with Gasteiger partial charge in [0.15, 0.2) is 0 Å². The highest BCUT2D eigenvalue weighted by Crippen LogP contribution is 2.37. The fourth-order valence-corrected chi connectivity index (χ4v) is 5.59. The number of aromatic nitrogens is 1. The van der Waals surface area contributed by atoms with Crippen LogP contribution in [0.1, 0.15) is 53.7 Å². The van der Waals surface area contributed by atoms with Crippen LogP contribution in [-0.4, -0.2) is 72.9 Å². The van der Waals surface area contributed by atoms with Crippen molar-refractivity contribution in [3.63, 3.8) is 0 Å². The van der Waals surface area contributed by atoms with Gasteiger partial charge in [-0.15, -0.1) is 0 Å². The summed E-state index contributed by atoms with van der Waals surface area (Å²) in [5, 5.41) is 13.4. The highest BCUT2D eigenvalue weighted by molar-refractivity contribution is 6.32. The number of nitrogens with zero attached hydrogens (tertiary/aromatic N) is 2. The summed E-state index contributed by atoms with van der Waals surface area (Å²) in [5.74, 6) is -0.468. The van der Waals surface area contributed by atoms with Crippen molar-refractivity contribution in [2.45, 2.75) is 57.6 Å². The zero-order valence-corrected chi connectivity index (χ0v) is 25.8. The lowest BCUT2D eigenvalue weighted by molar-refractivity contribution is -0.150. The molecule has 0 atom stereocenters. The lowest BCUT2D eigenvalue weighted by Crippen LogP contribution is -2.57. The predicted molar refractivity (Wildman–Crippen MR) is 165 cm³/mol. The van der Waals surface area contributed by atoms with Crippen molar-refractivity contribution in [2.24, 2.45) is 0 Å². The van der Waals surface area contributed by atoms with Crippen LogP contribution in [-0.2, 0) is 9.53 Å². The van der Waals surface area contributed by atoms with Crippen molar-refractivity contribution in [3.05, 3.63) is 70.4 Å². The van der Waals surface area contributed by atoms with Gasteiger partial charge in [-0.05, 0) is 95.4 Å². The smallest absolute Gasteiger partial charge is 0.331 e. The lowest BCUT2D eigenvalue weighted by Gasteiger charge is -2.36. The van der Waals surface area contributed by atoms with Gasteiger partial charge in [-0.2, -0.15) is 0 Å². The molecule has 9 heteroatoms. The van der Waals surface area contributed by atoms with Gasteiger partial charge in [-0.1, -0.05) is 41.4 Å². The minimum absolute atomic E-state index is 0.163. The molecule has 0 bridgehead atoms. The van der Waals surface area contributed by atoms with Crippen LogP contribution in [0.25, 0.3) is 22.4 Å². The van der Waals surface area contributed by atoms with Crippen LogP contribution in [0.15, 0.2) is 48.5 Å². The number of aryl methyl sites for hydroxylation is 2. The Kier molecular flexibility index (Phi) is 10.2. The van der Waals surface area contributed by atoms with E-state index in [0.29, 0.717) is 35.9 Å². The van der Waals surface area contributed by atoms with Crippen molar-refractivity contribution in [2.75, 3.05) is 34.4 Å². The van der Waals surface area contributed by atoms with E-state index in [9.17, 15) is 14.7 Å². The third-order valence-electron chi connectivity index (χ3n) is 7.75. The number of carbonyl (C=O) groups is 2. The Morgan fingerprint density at radius 1 is 1.07 bits per heavy atom. The Bertz CT molecular complexity index is 1430. The van der Waals surface area contributed by atoms with Gasteiger partial charge in [0.2, 0.25) is 0 Å². The number of aliphatic hydroxyl groups is 1. The van der Waals surface area contributed by atoms with Gasteiger partial charge in [0.1, 0.15) is 17.0 Å². The van der Waals surface area contributed by atoms with Crippen molar-refractivity contribution in [1.29, 1.82) is 0 Å². The molecule has 1 aliphatic rings. The van der Waals surface area contributed by atoms with E-state index in [4.69, 9.17) is 26.1 Å². The number of amides is 1. The van der Waals surface area contributed by atoms with Crippen LogP contribution in [0, 0.1) is 13.8 Å². The zero-order valence-electron chi connectivity index (χ0n) is 25.0. The van der Waals surface area contributed by atoms with Gasteiger partial charge < -0.3 is 24.8 Å². The fourth-order valence-electron chi connectivity index (χ4n) is 5.42. The van der Waals surface area contributed by atoms with E-state index in [0.717, 1.165) is 40.8 Å². The van der Waals surface area contributed by atoms with Crippen molar-refractivity contribution < 1.29 is 24.2 Å². The van der Waals surface area contributed by atoms with Gasteiger partial charge in [-0.3, -0.25) is 4.79 Å². The largest absolute Gasteiger partial charge is 0.492 e. The number of hydrogen-bond acceptors (Lipinski definition) is 7. The summed E-state index contributed by atoms with van der Waals surface area (Å²) in [6.45, 7) is 5.49. The van der Waals surface area contributed by atoms with E-state index in [1.165, 1.54) is 7.11 Å². The first kappa shape index (κ1) is 31.5. The molecule has 0 saturated heterocycles. The third-order valence-corrected chi connectivity index (χ3v) is 8.06. The highest BCUT2D eigenvalue weighted by atomic mass is 35.5. The fraction of sp³-hybridized carbons (Fsp3) is 0.424. The number of esters is 1. The van der Waals surface area contributed by atoms with Gasteiger partial charge in [0.05, 0.1) is 30.5 Å². The topological polar surface area (TPSA) is 101 Å². The Balaban J connectivity index is 1.74. The molecular weight excluding hydrogens is 554 g/mol. The third kappa shape index (κ3) is 7.30. The Hall–Kier alpha value is -3.46. The van der Waals surface area contributed by atoms with Gasteiger partial charge >= 0.3 is 5.97 Å². The van der Waals surface area contributed by atoms with Crippen LogP contribution in [0.4, 0.5) is 0 Å². The number of hydrogen-bond donors (Lipinski definition) is 2. The molecule has 0 radical (unpaired) electrons. The molecule has 1 saturated carbocycles. The Morgan fingerprint density at radius 2 is 1.79 bits per heavy atom. The summed E-state index contributed by atoms with van der Waals surface area (Å²) < 4.78 is 11.1. The summed E-state index contributed by atoms with van der Waals surface area (Å²) >= 11 is 6.50. The summed E-state index contributed by atoms with van der Waals surface area (Å²) in [4.78, 5) is 33.4. The van der Waals surface area contributed by atoms with Crippen LogP contribution in [0.3, 0.4) is 0 Å². The summed E-state index contributed by atoms with van der Waals surface area (Å²) in [6.07, 6.45) is 1.68. The highest BCUT2D eigenvalue weighted by Gasteiger charge is 2.44. The molecule has 1 heterocycles. The van der Waals surface area contributed by atoms with Gasteiger partial charge in [0.25, 0.3) is 5.91 Å². The molecule has 224 valence electrons. The molecule has 1 amide bonds. The lowest BCUT2D eigenvalue weighted by atomic mass is 9.80. The number of pyridine rings is 1. The van der Waals surface area contributed by atoms with Crippen LogP contribution in [0.5, 0.6) is 5.75 Å². The van der Waals surface area contributed by atoms with E-state index in [-0.39, 0.29) is 18.5 Å². The molecule has 0 unspecified atom stereocenters. The Morgan fingerprint density at radius 3 is 2.45 bits per heavy atom. The molecule has 8 nitrogen and oxygen atoms in total. The second kappa shape index (κ2) is 13.7. The molecular formula is C33H40ClN3O5. The van der Waals surface area contributed by atoms with Crippen molar-refractivity contribution in [3.8, 4) is 28.1 Å². The Labute approximate surface area is 253 Å². The number of benzene rings is 2. The number of ether oxygens (including phenoxy) is 2. The number of rotatable bonds is 10. The van der Waals surface area contributed by atoms with E-state index in [1.807, 2.05) is 52.2 Å². The molecule has 4 rings (SSSR count). The van der Waals surface area contributed by atoms with E-state index < -0.39 is 23.5 Å². The second-order valence-electron chi connectivity index (χ2n) is 11.3. The molecule has 1 fully saturated rings. The number of halogens is 1. The molecule has 2 N–H and O–H groups in total. The van der Waals surface area contributed by atoms with Crippen LogP contribution in [0.2, 0.25) is 5.02 Å². The monoisotopic (exact) mass is 593 g/mol. The second-order valence-corrected chi connectivity index (χ2v) is 11.7. The molecule has 0 spiro atoms. The number of nitrogens with one attached hydrogen (secondary N) is 1. The van der Waals surface area contributed by atoms with Crippen LogP contribution >= 0.6 is 11.6 Å². The number of carbonyl (C=O) groups excluding carboxylic acids is 2. The molecule has 1 aliphatic carbocycles. The number of methoxy groups -OCH3 is 1. The summed E-state index contributed by atoms with van der Waals surface area (Å²) in [7, 11) is 5.33. The van der Waals surface area contributed by atoms with Crippen LogP contribution < -0.4 is 10.1 Å². The van der Waals surface area contributed by atoms with Gasteiger partial charge in [0, 0.05) is 17.7 Å². The minimum Gasteiger partial charge on any atom is -0.492 e. The SMILES string of the molecule is COC(=O)[C@]1(NC(=O)c2ccc(-c3ccc(C)cc3C)c(-c3ccc(Cl)c(OCCCN(C)C)c3)n2)CC[C@H](O)CC1. The van der Waals surface area contributed by atoms with E-state index in [2.05, 4.69) is 22.3 Å². The zero-order chi connectivity index (χ0) is 30.4. The van der Waals surface area contributed by atoms with Gasteiger partial charge in [-0.25, -0.2) is 9.78 Å². The summed E-state index contributed by atoms with van der Waals surface area (Å²) in [5.41, 5.74) is 4.36. The minimum atomic E-state index is -1.22. The molecule has 2 aromatic carbocycles. The molecule has 0 aliphatic heterocycles.